The number of halogens is 2. The third kappa shape index (κ3) is 3.15. The van der Waals surface area contributed by atoms with Crippen LogP contribution < -0.4 is 5.32 Å². The van der Waals surface area contributed by atoms with Crippen LogP contribution in [-0.4, -0.2) is 10.9 Å². The molecule has 0 aliphatic heterocycles. The lowest BCUT2D eigenvalue weighted by atomic mass is 10.1. The standard InChI is InChI=1S/C16H10Cl2N2O/c17-14-8-12(9-15(18)20-14)16(21)19-13-6-5-10-3-1-2-4-11(10)7-13/h1-9H,(H,19,21). The Morgan fingerprint density at radius 1 is 0.905 bits per heavy atom. The van der Waals surface area contributed by atoms with Gasteiger partial charge in [0, 0.05) is 11.3 Å². The zero-order valence-corrected chi connectivity index (χ0v) is 12.3. The number of pyridine rings is 1. The number of nitrogens with one attached hydrogen (secondary N) is 1. The maximum absolute atomic E-state index is 12.2. The summed E-state index contributed by atoms with van der Waals surface area (Å²) in [4.78, 5) is 16.0. The van der Waals surface area contributed by atoms with Crippen molar-refractivity contribution in [2.75, 3.05) is 5.32 Å². The smallest absolute Gasteiger partial charge is 0.255 e. The summed E-state index contributed by atoms with van der Waals surface area (Å²) in [6.07, 6.45) is 0. The molecule has 0 saturated carbocycles. The summed E-state index contributed by atoms with van der Waals surface area (Å²) >= 11 is 11.6. The van der Waals surface area contributed by atoms with Crippen LogP contribution in [0.4, 0.5) is 5.69 Å². The average Bonchev–Trinajstić information content (AvgIpc) is 2.46. The van der Waals surface area contributed by atoms with Gasteiger partial charge in [0.05, 0.1) is 0 Å². The Hall–Kier alpha value is -2.10. The molecule has 0 aliphatic rings. The molecule has 3 rings (SSSR count). The van der Waals surface area contributed by atoms with Gasteiger partial charge in [0.15, 0.2) is 0 Å². The van der Waals surface area contributed by atoms with Crippen molar-refractivity contribution < 1.29 is 4.79 Å². The van der Waals surface area contributed by atoms with Crippen LogP contribution in [0.15, 0.2) is 54.6 Å². The normalized spacial score (nSPS) is 10.6. The van der Waals surface area contributed by atoms with Crippen LogP contribution >= 0.6 is 23.2 Å². The molecule has 3 nitrogen and oxygen atoms in total. The molecule has 1 amide bonds. The Morgan fingerprint density at radius 3 is 2.29 bits per heavy atom. The van der Waals surface area contributed by atoms with Gasteiger partial charge in [-0.3, -0.25) is 4.79 Å². The average molecular weight is 317 g/mol. The molecule has 3 aromatic rings. The van der Waals surface area contributed by atoms with Gasteiger partial charge in [-0.15, -0.1) is 0 Å². The molecule has 0 fully saturated rings. The van der Waals surface area contributed by atoms with E-state index < -0.39 is 0 Å². The second-order valence-electron chi connectivity index (χ2n) is 4.52. The zero-order chi connectivity index (χ0) is 14.8. The first-order valence-electron chi connectivity index (χ1n) is 6.25. The fraction of sp³-hybridized carbons (Fsp3) is 0. The number of benzene rings is 2. The number of amides is 1. The molecule has 0 bridgehead atoms. The van der Waals surface area contributed by atoms with Crippen molar-refractivity contribution in [1.82, 2.24) is 4.98 Å². The molecule has 5 heteroatoms. The van der Waals surface area contributed by atoms with Gasteiger partial charge in [0.1, 0.15) is 10.3 Å². The summed E-state index contributed by atoms with van der Waals surface area (Å²) in [5.74, 6) is -0.281. The van der Waals surface area contributed by atoms with E-state index in [1.807, 2.05) is 42.5 Å². The molecule has 0 unspecified atom stereocenters. The summed E-state index contributed by atoms with van der Waals surface area (Å²) in [6, 6.07) is 16.6. The van der Waals surface area contributed by atoms with E-state index in [0.717, 1.165) is 10.8 Å². The minimum atomic E-state index is -0.281. The molecular weight excluding hydrogens is 307 g/mol. The Kier molecular flexibility index (Phi) is 3.78. The highest BCUT2D eigenvalue weighted by molar-refractivity contribution is 6.33. The van der Waals surface area contributed by atoms with E-state index in [-0.39, 0.29) is 16.2 Å². The number of aromatic nitrogens is 1. The van der Waals surface area contributed by atoms with Gasteiger partial charge in [-0.1, -0.05) is 53.5 Å². The van der Waals surface area contributed by atoms with Crippen LogP contribution in [-0.2, 0) is 0 Å². The molecule has 0 saturated heterocycles. The lowest BCUT2D eigenvalue weighted by Crippen LogP contribution is -2.12. The summed E-state index contributed by atoms with van der Waals surface area (Å²) < 4.78 is 0. The lowest BCUT2D eigenvalue weighted by Gasteiger charge is -2.07. The van der Waals surface area contributed by atoms with Crippen LogP contribution in [0, 0.1) is 0 Å². The maximum Gasteiger partial charge on any atom is 0.255 e. The van der Waals surface area contributed by atoms with Crippen molar-refractivity contribution in [2.45, 2.75) is 0 Å². The van der Waals surface area contributed by atoms with E-state index in [1.165, 1.54) is 12.1 Å². The van der Waals surface area contributed by atoms with Gasteiger partial charge < -0.3 is 5.32 Å². The maximum atomic E-state index is 12.2. The molecule has 0 aliphatic carbocycles. The van der Waals surface area contributed by atoms with Crippen LogP contribution in [0.2, 0.25) is 10.3 Å². The Bertz CT molecular complexity index is 813. The molecule has 21 heavy (non-hydrogen) atoms. The van der Waals surface area contributed by atoms with Crippen LogP contribution in [0.5, 0.6) is 0 Å². The monoisotopic (exact) mass is 316 g/mol. The molecule has 0 atom stereocenters. The summed E-state index contributed by atoms with van der Waals surface area (Å²) in [7, 11) is 0. The van der Waals surface area contributed by atoms with Gasteiger partial charge >= 0.3 is 0 Å². The van der Waals surface area contributed by atoms with Crippen molar-refractivity contribution in [3.8, 4) is 0 Å². The van der Waals surface area contributed by atoms with E-state index in [1.54, 1.807) is 0 Å². The number of hydrogen-bond donors (Lipinski definition) is 1. The molecule has 1 aromatic heterocycles. The molecule has 1 N–H and O–H groups in total. The molecule has 1 heterocycles. The van der Waals surface area contributed by atoms with Crippen molar-refractivity contribution >= 4 is 45.6 Å². The van der Waals surface area contributed by atoms with Crippen LogP contribution in [0.25, 0.3) is 10.8 Å². The molecule has 0 spiro atoms. The van der Waals surface area contributed by atoms with Crippen molar-refractivity contribution in [1.29, 1.82) is 0 Å². The highest BCUT2D eigenvalue weighted by atomic mass is 35.5. The SMILES string of the molecule is O=C(Nc1ccc2ccccc2c1)c1cc(Cl)nc(Cl)c1. The van der Waals surface area contributed by atoms with E-state index in [9.17, 15) is 4.79 Å². The number of fused-ring (bicyclic) bond motifs is 1. The van der Waals surface area contributed by atoms with Gasteiger partial charge in [-0.05, 0) is 35.0 Å². The topological polar surface area (TPSA) is 42.0 Å². The van der Waals surface area contributed by atoms with Gasteiger partial charge in [-0.2, -0.15) is 0 Å². The van der Waals surface area contributed by atoms with Crippen LogP contribution in [0.3, 0.4) is 0 Å². The highest BCUT2D eigenvalue weighted by Gasteiger charge is 2.09. The van der Waals surface area contributed by atoms with E-state index in [2.05, 4.69) is 10.3 Å². The second-order valence-corrected chi connectivity index (χ2v) is 5.29. The number of rotatable bonds is 2. The van der Waals surface area contributed by atoms with Gasteiger partial charge in [-0.25, -0.2) is 4.98 Å². The number of nitrogens with zero attached hydrogens (tertiary/aromatic N) is 1. The quantitative estimate of drug-likeness (QED) is 0.690. The fourth-order valence-corrected chi connectivity index (χ4v) is 2.53. The summed E-state index contributed by atoms with van der Waals surface area (Å²) in [5, 5.41) is 5.37. The molecular formula is C16H10Cl2N2O. The minimum Gasteiger partial charge on any atom is -0.322 e. The predicted molar refractivity (Wildman–Crippen MR) is 86.2 cm³/mol. The first-order chi connectivity index (χ1) is 10.1. The highest BCUT2D eigenvalue weighted by Crippen LogP contribution is 2.20. The Balaban J connectivity index is 1.88. The van der Waals surface area contributed by atoms with Crippen molar-refractivity contribution in [3.63, 3.8) is 0 Å². The number of carbonyl (C=O) groups excluding carboxylic acids is 1. The third-order valence-electron chi connectivity index (χ3n) is 3.03. The van der Waals surface area contributed by atoms with Gasteiger partial charge in [0.2, 0.25) is 0 Å². The molecule has 2 aromatic carbocycles. The number of hydrogen-bond acceptors (Lipinski definition) is 2. The summed E-state index contributed by atoms with van der Waals surface area (Å²) in [5.41, 5.74) is 1.08. The van der Waals surface area contributed by atoms with E-state index in [0.29, 0.717) is 11.3 Å². The van der Waals surface area contributed by atoms with Gasteiger partial charge in [0.25, 0.3) is 5.91 Å². The first kappa shape index (κ1) is 13.9. The van der Waals surface area contributed by atoms with Crippen LogP contribution in [0.1, 0.15) is 10.4 Å². The van der Waals surface area contributed by atoms with Crippen molar-refractivity contribution in [3.05, 3.63) is 70.5 Å². The zero-order valence-electron chi connectivity index (χ0n) is 10.8. The number of anilines is 1. The molecule has 0 radical (unpaired) electrons. The predicted octanol–water partition coefficient (Wildman–Crippen LogP) is 4.79. The minimum absolute atomic E-state index is 0.186. The second kappa shape index (κ2) is 5.72. The van der Waals surface area contributed by atoms with E-state index >= 15 is 0 Å². The van der Waals surface area contributed by atoms with E-state index in [4.69, 9.17) is 23.2 Å². The molecule has 104 valence electrons. The number of carbonyl (C=O) groups is 1. The Morgan fingerprint density at radius 2 is 1.57 bits per heavy atom. The largest absolute Gasteiger partial charge is 0.322 e. The summed E-state index contributed by atoms with van der Waals surface area (Å²) in [6.45, 7) is 0. The van der Waals surface area contributed by atoms with Crippen molar-refractivity contribution in [2.24, 2.45) is 0 Å². The first-order valence-corrected chi connectivity index (χ1v) is 7.01. The third-order valence-corrected chi connectivity index (χ3v) is 3.42. The lowest BCUT2D eigenvalue weighted by molar-refractivity contribution is 0.102. The fourth-order valence-electron chi connectivity index (χ4n) is 2.07. The Labute approximate surface area is 131 Å².